The highest BCUT2D eigenvalue weighted by Gasteiger charge is 2.56. The number of anilines is 1. The molecule has 0 spiro atoms. The SMILES string of the molecule is O=C1[C@H]2C(c3ccc(F)cc3)=NO[C@@H]2C(=O)N1c1ccc(F)c(Cl)c1. The third kappa shape index (κ3) is 2.39. The molecule has 2 heterocycles. The van der Waals surface area contributed by atoms with Gasteiger partial charge in [0.15, 0.2) is 0 Å². The Morgan fingerprint density at radius 1 is 1.04 bits per heavy atom. The fourth-order valence-corrected chi connectivity index (χ4v) is 3.09. The number of benzene rings is 2. The van der Waals surface area contributed by atoms with Crippen LogP contribution in [0.25, 0.3) is 0 Å². The highest BCUT2D eigenvalue weighted by Crippen LogP contribution is 2.36. The Morgan fingerprint density at radius 2 is 1.76 bits per heavy atom. The number of oxime groups is 1. The van der Waals surface area contributed by atoms with Gasteiger partial charge in [-0.2, -0.15) is 0 Å². The topological polar surface area (TPSA) is 59.0 Å². The summed E-state index contributed by atoms with van der Waals surface area (Å²) in [6.07, 6.45) is -1.10. The monoisotopic (exact) mass is 362 g/mol. The molecule has 4 rings (SSSR count). The molecule has 126 valence electrons. The van der Waals surface area contributed by atoms with Gasteiger partial charge in [0.2, 0.25) is 12.0 Å². The number of carbonyl (C=O) groups excluding carboxylic acids is 2. The summed E-state index contributed by atoms with van der Waals surface area (Å²) in [5.74, 6) is -3.20. The molecule has 0 aliphatic carbocycles. The maximum Gasteiger partial charge on any atom is 0.278 e. The molecule has 0 unspecified atom stereocenters. The van der Waals surface area contributed by atoms with Crippen molar-refractivity contribution in [2.75, 3.05) is 4.90 Å². The molecule has 2 amide bonds. The van der Waals surface area contributed by atoms with Crippen LogP contribution in [0.15, 0.2) is 47.6 Å². The highest BCUT2D eigenvalue weighted by molar-refractivity contribution is 6.34. The Kier molecular flexibility index (Phi) is 3.54. The third-order valence-electron chi connectivity index (χ3n) is 4.11. The van der Waals surface area contributed by atoms with Crippen molar-refractivity contribution in [2.24, 2.45) is 11.1 Å². The van der Waals surface area contributed by atoms with Crippen LogP contribution in [-0.2, 0) is 14.4 Å². The summed E-state index contributed by atoms with van der Waals surface area (Å²) < 4.78 is 26.4. The summed E-state index contributed by atoms with van der Waals surface area (Å²) in [5.41, 5.74) is 0.881. The van der Waals surface area contributed by atoms with Gasteiger partial charge in [-0.05, 0) is 30.3 Å². The van der Waals surface area contributed by atoms with Crippen molar-refractivity contribution in [3.8, 4) is 0 Å². The van der Waals surface area contributed by atoms with Crippen molar-refractivity contribution in [1.82, 2.24) is 0 Å². The van der Waals surface area contributed by atoms with Crippen molar-refractivity contribution in [1.29, 1.82) is 0 Å². The molecule has 5 nitrogen and oxygen atoms in total. The highest BCUT2D eigenvalue weighted by atomic mass is 35.5. The van der Waals surface area contributed by atoms with E-state index in [1.54, 1.807) is 0 Å². The van der Waals surface area contributed by atoms with Crippen molar-refractivity contribution in [3.63, 3.8) is 0 Å². The van der Waals surface area contributed by atoms with E-state index >= 15 is 0 Å². The number of hydrogen-bond donors (Lipinski definition) is 0. The van der Waals surface area contributed by atoms with Gasteiger partial charge in [0, 0.05) is 5.56 Å². The molecule has 2 aromatic carbocycles. The van der Waals surface area contributed by atoms with Crippen LogP contribution in [0, 0.1) is 17.6 Å². The van der Waals surface area contributed by atoms with Crippen molar-refractivity contribution in [3.05, 3.63) is 64.7 Å². The Balaban J connectivity index is 1.70. The molecule has 1 saturated heterocycles. The maximum absolute atomic E-state index is 13.3. The summed E-state index contributed by atoms with van der Waals surface area (Å²) in [5, 5.41) is 3.62. The lowest BCUT2D eigenvalue weighted by atomic mass is 9.94. The number of hydrogen-bond acceptors (Lipinski definition) is 4. The second-order valence-corrected chi connectivity index (χ2v) is 6.00. The Labute approximate surface area is 145 Å². The number of amides is 2. The standard InChI is InChI=1S/C17H9ClF2N2O3/c18-11-7-10(5-6-12(11)20)22-16(23)13-14(21-25-15(13)17(22)24)8-1-3-9(19)4-2-8/h1-7,13,15H/t13-,15-/m0/s1. The van der Waals surface area contributed by atoms with Crippen molar-refractivity contribution >= 4 is 34.8 Å². The largest absolute Gasteiger partial charge is 0.381 e. The molecule has 2 atom stereocenters. The normalized spacial score (nSPS) is 22.0. The zero-order valence-corrected chi connectivity index (χ0v) is 13.2. The molecule has 0 saturated carbocycles. The molecular formula is C17H9ClF2N2O3. The fraction of sp³-hybridized carbons (Fsp3) is 0.118. The minimum atomic E-state index is -1.10. The van der Waals surface area contributed by atoms with Crippen LogP contribution >= 0.6 is 11.6 Å². The second kappa shape index (κ2) is 5.63. The first-order valence-electron chi connectivity index (χ1n) is 7.30. The number of fused-ring (bicyclic) bond motifs is 1. The van der Waals surface area contributed by atoms with E-state index in [0.717, 1.165) is 11.0 Å². The van der Waals surface area contributed by atoms with Crippen LogP contribution in [0.5, 0.6) is 0 Å². The molecular weight excluding hydrogens is 354 g/mol. The van der Waals surface area contributed by atoms with E-state index in [1.807, 2.05) is 0 Å². The zero-order valence-electron chi connectivity index (χ0n) is 12.4. The minimum Gasteiger partial charge on any atom is -0.381 e. The lowest BCUT2D eigenvalue weighted by molar-refractivity contribution is -0.126. The van der Waals surface area contributed by atoms with E-state index in [0.29, 0.717) is 5.56 Å². The van der Waals surface area contributed by atoms with Gasteiger partial charge >= 0.3 is 0 Å². The number of halogens is 3. The van der Waals surface area contributed by atoms with E-state index in [1.165, 1.54) is 36.4 Å². The molecule has 0 radical (unpaired) electrons. The summed E-state index contributed by atoms with van der Waals surface area (Å²) in [6, 6.07) is 8.91. The van der Waals surface area contributed by atoms with E-state index in [2.05, 4.69) is 5.16 Å². The van der Waals surface area contributed by atoms with E-state index < -0.39 is 35.5 Å². The van der Waals surface area contributed by atoms with Gasteiger partial charge in [0.05, 0.1) is 10.7 Å². The molecule has 25 heavy (non-hydrogen) atoms. The van der Waals surface area contributed by atoms with Gasteiger partial charge in [-0.15, -0.1) is 0 Å². The first kappa shape index (κ1) is 15.7. The van der Waals surface area contributed by atoms with Crippen LogP contribution in [0.2, 0.25) is 5.02 Å². The summed E-state index contributed by atoms with van der Waals surface area (Å²) >= 11 is 5.73. The van der Waals surface area contributed by atoms with Crippen LogP contribution in [0.1, 0.15) is 5.56 Å². The van der Waals surface area contributed by atoms with Gasteiger partial charge in [0.1, 0.15) is 23.3 Å². The molecule has 0 bridgehead atoms. The first-order valence-corrected chi connectivity index (χ1v) is 7.67. The predicted molar refractivity (Wildman–Crippen MR) is 85.2 cm³/mol. The summed E-state index contributed by atoms with van der Waals surface area (Å²) in [7, 11) is 0. The average molecular weight is 363 g/mol. The van der Waals surface area contributed by atoms with E-state index in [-0.39, 0.29) is 16.4 Å². The third-order valence-corrected chi connectivity index (χ3v) is 4.40. The van der Waals surface area contributed by atoms with E-state index in [4.69, 9.17) is 16.4 Å². The maximum atomic E-state index is 13.3. The second-order valence-electron chi connectivity index (χ2n) is 5.60. The van der Waals surface area contributed by atoms with Gasteiger partial charge < -0.3 is 4.84 Å². The average Bonchev–Trinajstić information content (AvgIpc) is 3.12. The molecule has 0 N–H and O–H groups in total. The van der Waals surface area contributed by atoms with E-state index in [9.17, 15) is 18.4 Å². The quantitative estimate of drug-likeness (QED) is 0.772. The van der Waals surface area contributed by atoms with Crippen LogP contribution < -0.4 is 4.90 Å². The molecule has 0 aromatic heterocycles. The van der Waals surface area contributed by atoms with Crippen LogP contribution in [0.4, 0.5) is 14.5 Å². The van der Waals surface area contributed by atoms with Crippen LogP contribution in [-0.4, -0.2) is 23.6 Å². The zero-order chi connectivity index (χ0) is 17.7. The summed E-state index contributed by atoms with van der Waals surface area (Å²) in [6.45, 7) is 0. The van der Waals surface area contributed by atoms with Crippen LogP contribution in [0.3, 0.4) is 0 Å². The number of nitrogens with zero attached hydrogens (tertiary/aromatic N) is 2. The van der Waals surface area contributed by atoms with Crippen molar-refractivity contribution in [2.45, 2.75) is 6.10 Å². The lowest BCUT2D eigenvalue weighted by Gasteiger charge is -2.15. The van der Waals surface area contributed by atoms with Crippen molar-refractivity contribution < 1.29 is 23.2 Å². The smallest absolute Gasteiger partial charge is 0.278 e. The van der Waals surface area contributed by atoms with Gasteiger partial charge in [-0.1, -0.05) is 28.9 Å². The van der Waals surface area contributed by atoms with Gasteiger partial charge in [-0.25, -0.2) is 13.7 Å². The Morgan fingerprint density at radius 3 is 2.44 bits per heavy atom. The predicted octanol–water partition coefficient (Wildman–Crippen LogP) is 2.91. The molecule has 2 aliphatic rings. The molecule has 2 aliphatic heterocycles. The Hall–Kier alpha value is -2.80. The lowest BCUT2D eigenvalue weighted by Crippen LogP contribution is -2.33. The number of rotatable bonds is 2. The number of carbonyl (C=O) groups is 2. The number of imide groups is 1. The molecule has 8 heteroatoms. The molecule has 1 fully saturated rings. The minimum absolute atomic E-state index is 0.151. The Bertz CT molecular complexity index is 930. The first-order chi connectivity index (χ1) is 12.0. The molecule has 2 aromatic rings. The summed E-state index contributed by atoms with van der Waals surface area (Å²) in [4.78, 5) is 31.4. The van der Waals surface area contributed by atoms with Gasteiger partial charge in [-0.3, -0.25) is 9.59 Å². The van der Waals surface area contributed by atoms with Gasteiger partial charge in [0.25, 0.3) is 5.91 Å². The fourth-order valence-electron chi connectivity index (χ4n) is 2.92.